The van der Waals surface area contributed by atoms with Gasteiger partial charge in [0.1, 0.15) is 0 Å². The van der Waals surface area contributed by atoms with E-state index in [-0.39, 0.29) is 23.9 Å². The van der Waals surface area contributed by atoms with Crippen molar-refractivity contribution in [2.45, 2.75) is 50.6 Å². The van der Waals surface area contributed by atoms with Crippen LogP contribution in [0.2, 0.25) is 20.1 Å². The fourth-order valence-corrected chi connectivity index (χ4v) is 8.68. The van der Waals surface area contributed by atoms with E-state index < -0.39 is 23.3 Å². The lowest BCUT2D eigenvalue weighted by molar-refractivity contribution is -0.124. The number of anilines is 2. The van der Waals surface area contributed by atoms with Gasteiger partial charge in [-0.3, -0.25) is 4.79 Å². The summed E-state index contributed by atoms with van der Waals surface area (Å²) in [5.41, 5.74) is 5.50. The van der Waals surface area contributed by atoms with Crippen LogP contribution in [-0.4, -0.2) is 12.5 Å². The topological polar surface area (TPSA) is 23.6 Å². The van der Waals surface area contributed by atoms with Crippen molar-refractivity contribution in [1.82, 2.24) is 0 Å². The molecule has 59 heavy (non-hydrogen) atoms. The van der Waals surface area contributed by atoms with Crippen LogP contribution >= 0.6 is 46.4 Å². The largest absolute Gasteiger partial charge is 0.364 e. The molecule has 3 nitrogen and oxygen atoms in total. The lowest BCUT2D eigenvalue weighted by Crippen LogP contribution is -2.44. The zero-order chi connectivity index (χ0) is 41.6. The Kier molecular flexibility index (Phi) is 13.9. The van der Waals surface area contributed by atoms with Gasteiger partial charge < -0.3 is 9.80 Å². The van der Waals surface area contributed by atoms with E-state index in [0.29, 0.717) is 45.8 Å². The van der Waals surface area contributed by atoms with Gasteiger partial charge in [-0.25, -0.2) is 17.6 Å². The van der Waals surface area contributed by atoms with Crippen molar-refractivity contribution >= 4 is 63.7 Å². The number of halogens is 8. The van der Waals surface area contributed by atoms with E-state index >= 15 is 0 Å². The fraction of sp³-hybridized carbons (Fsp3) is 0.229. The number of amides is 1. The first-order valence-electron chi connectivity index (χ1n) is 19.4. The van der Waals surface area contributed by atoms with Crippen LogP contribution in [0.25, 0.3) is 0 Å². The number of piperidine rings is 2. The maximum Gasteiger partial charge on any atom is 0.231 e. The Balaban J connectivity index is 0.000000179. The molecule has 0 bridgehead atoms. The Morgan fingerprint density at radius 3 is 1.42 bits per heavy atom. The summed E-state index contributed by atoms with van der Waals surface area (Å²) in [5.74, 6) is -3.40. The van der Waals surface area contributed by atoms with E-state index in [9.17, 15) is 22.4 Å². The summed E-state index contributed by atoms with van der Waals surface area (Å²) in [6, 6.07) is 38.6. The summed E-state index contributed by atoms with van der Waals surface area (Å²) < 4.78 is 53.8. The third kappa shape index (κ3) is 10.6. The fourth-order valence-electron chi connectivity index (χ4n) is 8.17. The Morgan fingerprint density at radius 1 is 0.475 bits per heavy atom. The average molecular weight is 879 g/mol. The second-order valence-corrected chi connectivity index (χ2v) is 16.8. The van der Waals surface area contributed by atoms with Gasteiger partial charge in [-0.15, -0.1) is 0 Å². The van der Waals surface area contributed by atoms with Gasteiger partial charge in [0.15, 0.2) is 23.3 Å². The highest BCUT2D eigenvalue weighted by Crippen LogP contribution is 2.41. The highest BCUT2D eigenvalue weighted by Gasteiger charge is 2.37. The first kappa shape index (κ1) is 42.6. The van der Waals surface area contributed by atoms with Crippen LogP contribution in [-0.2, 0) is 17.6 Å². The second kappa shape index (κ2) is 19.2. The molecule has 0 saturated carbocycles. The molecule has 11 heteroatoms. The zero-order valence-electron chi connectivity index (χ0n) is 31.8. The molecule has 2 fully saturated rings. The molecule has 2 aliphatic rings. The molecule has 0 aliphatic carbocycles. The molecule has 1 amide bonds. The summed E-state index contributed by atoms with van der Waals surface area (Å²) in [4.78, 5) is 17.7. The van der Waals surface area contributed by atoms with E-state index in [1.54, 1.807) is 23.1 Å². The van der Waals surface area contributed by atoms with Crippen LogP contribution in [0, 0.1) is 35.1 Å². The molecule has 2 saturated heterocycles. The molecular formula is C48H40Cl4F4N2O. The lowest BCUT2D eigenvalue weighted by atomic mass is 9.84. The molecule has 2 heterocycles. The Labute approximate surface area is 362 Å². The molecule has 0 unspecified atom stereocenters. The molecule has 4 atom stereocenters. The van der Waals surface area contributed by atoms with Crippen molar-refractivity contribution in [3.63, 3.8) is 0 Å². The van der Waals surface area contributed by atoms with Crippen LogP contribution in [0.5, 0.6) is 0 Å². The van der Waals surface area contributed by atoms with Crippen LogP contribution in [0.15, 0.2) is 133 Å². The Morgan fingerprint density at radius 2 is 0.915 bits per heavy atom. The minimum absolute atomic E-state index is 0.0479. The van der Waals surface area contributed by atoms with Gasteiger partial charge >= 0.3 is 0 Å². The van der Waals surface area contributed by atoms with Gasteiger partial charge in [-0.05, 0) is 164 Å². The number of carbonyl (C=O) groups is 1. The molecule has 0 radical (unpaired) electrons. The third-order valence-electron chi connectivity index (χ3n) is 11.1. The highest BCUT2D eigenvalue weighted by molar-refractivity contribution is 6.31. The van der Waals surface area contributed by atoms with E-state index in [4.69, 9.17) is 46.4 Å². The summed E-state index contributed by atoms with van der Waals surface area (Å²) >= 11 is 24.2. The molecular weight excluding hydrogens is 838 g/mol. The molecule has 6 aromatic carbocycles. The average Bonchev–Trinajstić information content (AvgIpc) is 3.23. The van der Waals surface area contributed by atoms with Crippen LogP contribution in [0.4, 0.5) is 28.9 Å². The third-order valence-corrected chi connectivity index (χ3v) is 12.1. The monoisotopic (exact) mass is 876 g/mol. The van der Waals surface area contributed by atoms with E-state index in [2.05, 4.69) is 17.0 Å². The molecule has 6 aromatic rings. The van der Waals surface area contributed by atoms with Gasteiger partial charge in [-0.1, -0.05) is 82.8 Å². The summed E-state index contributed by atoms with van der Waals surface area (Å²) in [6.45, 7) is 0.827. The second-order valence-electron chi connectivity index (χ2n) is 15.1. The maximum absolute atomic E-state index is 13.6. The summed E-state index contributed by atoms with van der Waals surface area (Å²) in [7, 11) is 0. The number of nitrogens with zero attached hydrogens (tertiary/aromatic N) is 2. The number of benzene rings is 6. The number of hydrogen-bond donors (Lipinski definition) is 0. The van der Waals surface area contributed by atoms with Crippen molar-refractivity contribution in [3.05, 3.63) is 199 Å². The first-order chi connectivity index (χ1) is 28.4. The molecule has 0 aromatic heterocycles. The first-order valence-corrected chi connectivity index (χ1v) is 20.9. The SMILES string of the molecule is Fc1ccc(C[C@@H]2CC[C@@H](c3ccc(Cl)cc3)N(c3ccc(Cl)cc3)C2)cc1F.O=C1[C@H](Cc2ccc(F)c(F)c2)CC[C@@H](c2ccc(Cl)cc2)N1c1ccc(Cl)cc1. The number of rotatable bonds is 8. The standard InChI is InChI=1S/C24H19Cl2F2NO.C24H21Cl2F2N/c25-18-5-2-16(3-6-18)23-12-4-17(13-15-1-11-21(27)22(28)14-15)24(30)29(23)20-9-7-19(26)8-10-20;25-19-5-3-18(4-6-19)24-12-2-17(13-16-1-11-22(27)23(28)14-16)15-29(24)21-9-7-20(26)8-10-21/h1-3,5-11,14,17,23H,4,12-13H2;1,3-11,14,17,24H,2,12-13,15H2/t17-,23-;17-,24-/m00/s1. The molecule has 304 valence electrons. The minimum Gasteiger partial charge on any atom is -0.364 e. The maximum atomic E-state index is 13.6. The van der Waals surface area contributed by atoms with Crippen molar-refractivity contribution in [3.8, 4) is 0 Å². The lowest BCUT2D eigenvalue weighted by Gasteiger charge is -2.42. The number of hydrogen-bond acceptors (Lipinski definition) is 2. The predicted octanol–water partition coefficient (Wildman–Crippen LogP) is 14.5. The van der Waals surface area contributed by atoms with Crippen molar-refractivity contribution in [2.75, 3.05) is 16.3 Å². The van der Waals surface area contributed by atoms with Crippen molar-refractivity contribution in [2.24, 2.45) is 11.8 Å². The molecule has 2 aliphatic heterocycles. The molecule has 0 spiro atoms. The molecule has 8 rings (SSSR count). The van der Waals surface area contributed by atoms with E-state index in [1.165, 1.54) is 29.8 Å². The van der Waals surface area contributed by atoms with Gasteiger partial charge in [0.25, 0.3) is 0 Å². The minimum atomic E-state index is -0.899. The van der Waals surface area contributed by atoms with Crippen molar-refractivity contribution < 1.29 is 22.4 Å². The van der Waals surface area contributed by atoms with E-state index in [0.717, 1.165) is 59.4 Å². The Hall–Kier alpha value is -4.53. The summed E-state index contributed by atoms with van der Waals surface area (Å²) in [5, 5.41) is 2.64. The predicted molar refractivity (Wildman–Crippen MR) is 232 cm³/mol. The smallest absolute Gasteiger partial charge is 0.231 e. The molecule has 0 N–H and O–H groups in total. The van der Waals surface area contributed by atoms with Crippen LogP contribution in [0.3, 0.4) is 0 Å². The Bertz CT molecular complexity index is 2360. The van der Waals surface area contributed by atoms with E-state index in [1.807, 2.05) is 72.8 Å². The summed E-state index contributed by atoms with van der Waals surface area (Å²) in [6.07, 6.45) is 4.44. The van der Waals surface area contributed by atoms with Crippen molar-refractivity contribution in [1.29, 1.82) is 0 Å². The van der Waals surface area contributed by atoms with Gasteiger partial charge in [0.2, 0.25) is 5.91 Å². The highest BCUT2D eigenvalue weighted by atomic mass is 35.5. The van der Waals surface area contributed by atoms with Crippen LogP contribution < -0.4 is 9.80 Å². The normalized spacial score (nSPS) is 19.3. The van der Waals surface area contributed by atoms with Gasteiger partial charge in [-0.2, -0.15) is 0 Å². The quantitative estimate of drug-likeness (QED) is 0.142. The zero-order valence-corrected chi connectivity index (χ0v) is 34.8. The van der Waals surface area contributed by atoms with Crippen LogP contribution in [0.1, 0.15) is 60.0 Å². The van der Waals surface area contributed by atoms with Gasteiger partial charge in [0.05, 0.1) is 12.1 Å². The number of carbonyl (C=O) groups excluding carboxylic acids is 1. The van der Waals surface area contributed by atoms with Gasteiger partial charge in [0, 0.05) is 43.9 Å².